The Labute approximate surface area is 171 Å². The van der Waals surface area contributed by atoms with Crippen LogP contribution in [0.15, 0.2) is 12.2 Å². The van der Waals surface area contributed by atoms with Crippen molar-refractivity contribution in [2.75, 3.05) is 6.61 Å². The SMILES string of the molecule is [B][CH-]C(=C)C1[CH-]CO[Si](C(C)C)(C(C)C)O[Si](C(C)C)(C(C)C)O1.[V+2]. The normalized spacial score (nSPS) is 23.3. The third-order valence-corrected chi connectivity index (χ3v) is 15.3. The maximum Gasteiger partial charge on any atom is 2.00 e. The summed E-state index contributed by atoms with van der Waals surface area (Å²) < 4.78 is 20.3. The van der Waals surface area contributed by atoms with Crippen molar-refractivity contribution in [2.45, 2.75) is 83.7 Å². The second-order valence-electron chi connectivity index (χ2n) is 7.99. The van der Waals surface area contributed by atoms with E-state index in [0.717, 1.165) is 5.57 Å². The standard InChI is InChI=1S/C18H35BO3Si2.V/c1-13(2)23(14(3)4)20-11-10-18(17(9)12-19)21-24(22-23,15(5)6)16(7)8;/h10,12-16,18H,9,11H2,1-8H3;/q-2;+2. The molecule has 1 fully saturated rings. The Bertz CT molecular complexity index is 415. The van der Waals surface area contributed by atoms with Crippen molar-refractivity contribution in [3.05, 3.63) is 24.9 Å². The number of rotatable bonds is 6. The average Bonchev–Trinajstić information content (AvgIpc) is 2.45. The topological polar surface area (TPSA) is 27.7 Å². The maximum atomic E-state index is 7.05. The third kappa shape index (κ3) is 5.31. The summed E-state index contributed by atoms with van der Waals surface area (Å²) in [6.45, 7) is 22.3. The minimum atomic E-state index is -2.55. The molecule has 0 aliphatic carbocycles. The van der Waals surface area contributed by atoms with Gasteiger partial charge in [-0.3, -0.25) is 12.7 Å². The molecule has 1 atom stereocenters. The predicted molar refractivity (Wildman–Crippen MR) is 107 cm³/mol. The van der Waals surface area contributed by atoms with Crippen molar-refractivity contribution in [2.24, 2.45) is 0 Å². The van der Waals surface area contributed by atoms with Crippen LogP contribution in [-0.2, 0) is 31.5 Å². The third-order valence-electron chi connectivity index (χ3n) is 5.05. The van der Waals surface area contributed by atoms with Gasteiger partial charge in [-0.25, -0.2) is 12.2 Å². The molecular formula is C18H35BO3Si2V. The molecule has 0 aromatic rings. The van der Waals surface area contributed by atoms with Crippen LogP contribution < -0.4 is 0 Å². The second-order valence-corrected chi connectivity index (χ2v) is 16.8. The molecule has 1 rings (SSSR count). The number of hydrogen-bond acceptors (Lipinski definition) is 3. The molecule has 0 amide bonds. The van der Waals surface area contributed by atoms with E-state index >= 15 is 0 Å². The molecular weight excluding hydrogens is 382 g/mol. The molecule has 1 saturated heterocycles. The first kappa shape index (κ1) is 25.6. The minimum absolute atomic E-state index is 0. The average molecular weight is 417 g/mol. The van der Waals surface area contributed by atoms with Crippen molar-refractivity contribution in [1.29, 1.82) is 0 Å². The van der Waals surface area contributed by atoms with Gasteiger partial charge in [0.05, 0.1) is 0 Å². The van der Waals surface area contributed by atoms with Gasteiger partial charge in [0.25, 0.3) is 0 Å². The van der Waals surface area contributed by atoms with Crippen molar-refractivity contribution < 1.29 is 31.5 Å². The molecule has 3 radical (unpaired) electrons. The molecule has 1 aliphatic heterocycles. The van der Waals surface area contributed by atoms with Gasteiger partial charge in [0.15, 0.2) is 0 Å². The molecule has 1 heterocycles. The van der Waals surface area contributed by atoms with Crippen molar-refractivity contribution in [1.82, 2.24) is 0 Å². The van der Waals surface area contributed by atoms with E-state index in [0.29, 0.717) is 28.8 Å². The van der Waals surface area contributed by atoms with Gasteiger partial charge in [0, 0.05) is 0 Å². The van der Waals surface area contributed by atoms with Gasteiger partial charge in [-0.15, -0.1) is 0 Å². The fraction of sp³-hybridized carbons (Fsp3) is 0.778. The zero-order valence-corrected chi connectivity index (χ0v) is 20.6. The zero-order valence-electron chi connectivity index (χ0n) is 17.2. The summed E-state index contributed by atoms with van der Waals surface area (Å²) in [4.78, 5) is 0. The van der Waals surface area contributed by atoms with Crippen LogP contribution in [0.3, 0.4) is 0 Å². The van der Waals surface area contributed by atoms with Gasteiger partial charge in [0.1, 0.15) is 0 Å². The van der Waals surface area contributed by atoms with E-state index in [4.69, 9.17) is 20.8 Å². The molecule has 0 bridgehead atoms. The quantitative estimate of drug-likeness (QED) is 0.448. The summed E-state index contributed by atoms with van der Waals surface area (Å²) in [6.07, 6.45) is 3.35. The second kappa shape index (κ2) is 10.2. The largest absolute Gasteiger partial charge is 2.00 e. The van der Waals surface area contributed by atoms with Crippen LogP contribution in [0, 0.1) is 12.7 Å². The molecule has 0 aromatic heterocycles. The first-order chi connectivity index (χ1) is 11.0. The van der Waals surface area contributed by atoms with Crippen LogP contribution >= 0.6 is 0 Å². The molecule has 0 spiro atoms. The van der Waals surface area contributed by atoms with Crippen molar-refractivity contribution in [3.8, 4) is 0 Å². The Balaban J connectivity index is 0.00000576. The summed E-state index contributed by atoms with van der Waals surface area (Å²) in [6, 6.07) is 0. The van der Waals surface area contributed by atoms with Crippen LogP contribution in [0.25, 0.3) is 0 Å². The summed E-state index contributed by atoms with van der Waals surface area (Å²) in [7, 11) is 0.726. The molecule has 1 unspecified atom stereocenters. The minimum Gasteiger partial charge on any atom is -0.427 e. The van der Waals surface area contributed by atoms with Crippen molar-refractivity contribution >= 4 is 25.0 Å². The molecule has 25 heavy (non-hydrogen) atoms. The Morgan fingerprint density at radius 3 is 1.80 bits per heavy atom. The van der Waals surface area contributed by atoms with E-state index in [1.54, 1.807) is 0 Å². The zero-order chi connectivity index (χ0) is 18.7. The van der Waals surface area contributed by atoms with Gasteiger partial charge < -0.3 is 13.0 Å². The number of hydrogen-bond donors (Lipinski definition) is 0. The van der Waals surface area contributed by atoms with E-state index in [9.17, 15) is 0 Å². The molecule has 3 nitrogen and oxygen atoms in total. The Morgan fingerprint density at radius 2 is 1.44 bits per heavy atom. The molecule has 0 saturated carbocycles. The van der Waals surface area contributed by atoms with Crippen LogP contribution in [0.1, 0.15) is 55.4 Å². The van der Waals surface area contributed by atoms with Crippen LogP contribution in [-0.4, -0.2) is 37.7 Å². The van der Waals surface area contributed by atoms with E-state index in [1.165, 1.54) is 6.32 Å². The van der Waals surface area contributed by atoms with Gasteiger partial charge in [-0.05, 0) is 30.0 Å². The predicted octanol–water partition coefficient (Wildman–Crippen LogP) is 5.03. The van der Waals surface area contributed by atoms with E-state index in [-0.39, 0.29) is 24.7 Å². The maximum absolute atomic E-state index is 7.05. The molecule has 1 aliphatic rings. The van der Waals surface area contributed by atoms with Crippen LogP contribution in [0.4, 0.5) is 0 Å². The fourth-order valence-electron chi connectivity index (χ4n) is 3.55. The van der Waals surface area contributed by atoms with Crippen molar-refractivity contribution in [3.63, 3.8) is 0 Å². The monoisotopic (exact) mass is 417 g/mol. The fourth-order valence-corrected chi connectivity index (χ4v) is 14.6. The van der Waals surface area contributed by atoms with E-state index in [1.807, 2.05) is 0 Å². The first-order valence-electron chi connectivity index (χ1n) is 9.12. The summed E-state index contributed by atoms with van der Waals surface area (Å²) >= 11 is 0. The van der Waals surface area contributed by atoms with Gasteiger partial charge in [0.2, 0.25) is 0 Å². The Morgan fingerprint density at radius 1 is 1.00 bits per heavy atom. The molecule has 141 valence electrons. The van der Waals surface area contributed by atoms with Crippen LogP contribution in [0.2, 0.25) is 22.2 Å². The summed E-state index contributed by atoms with van der Waals surface area (Å²) in [5.74, 6) is 0. The van der Waals surface area contributed by atoms with Gasteiger partial charge in [-0.2, -0.15) is 0 Å². The molecule has 0 N–H and O–H groups in total. The smallest absolute Gasteiger partial charge is 0.427 e. The summed E-state index contributed by atoms with van der Waals surface area (Å²) in [5, 5.41) is 0. The van der Waals surface area contributed by atoms with E-state index in [2.05, 4.69) is 68.4 Å². The molecule has 0 aromatic carbocycles. The first-order valence-corrected chi connectivity index (χ1v) is 13.1. The van der Waals surface area contributed by atoms with Gasteiger partial charge >= 0.3 is 35.7 Å². The Kier molecular flexibility index (Phi) is 10.4. The summed E-state index contributed by atoms with van der Waals surface area (Å²) in [5.41, 5.74) is 2.11. The van der Waals surface area contributed by atoms with E-state index < -0.39 is 17.1 Å². The van der Waals surface area contributed by atoms with Crippen LogP contribution in [0.5, 0.6) is 0 Å². The molecule has 7 heteroatoms. The Hall–Kier alpha value is 0.573. The van der Waals surface area contributed by atoms with Gasteiger partial charge in [-0.1, -0.05) is 68.1 Å².